The van der Waals surface area contributed by atoms with Gasteiger partial charge >= 0.3 is 0 Å². The van der Waals surface area contributed by atoms with E-state index in [1.807, 2.05) is 30.5 Å². The van der Waals surface area contributed by atoms with E-state index in [2.05, 4.69) is 31.2 Å². The molecule has 0 amide bonds. The summed E-state index contributed by atoms with van der Waals surface area (Å²) in [6.07, 6.45) is 5.59. The minimum atomic E-state index is 0.223. The first-order valence-electron chi connectivity index (χ1n) is 8.45. The number of nitrogens with zero attached hydrogens (tertiary/aromatic N) is 2. The number of anilines is 1. The Morgan fingerprint density at radius 2 is 2.00 bits per heavy atom. The molecule has 1 heterocycles. The molecule has 2 fully saturated rings. The highest BCUT2D eigenvalue weighted by Gasteiger charge is 2.59. The van der Waals surface area contributed by atoms with Crippen molar-refractivity contribution in [3.63, 3.8) is 0 Å². The van der Waals surface area contributed by atoms with Crippen LogP contribution in [0.3, 0.4) is 0 Å². The number of fused-ring (bicyclic) bond motifs is 2. The molecule has 24 heavy (non-hydrogen) atoms. The summed E-state index contributed by atoms with van der Waals surface area (Å²) in [5.41, 5.74) is 6.22. The first kappa shape index (κ1) is 16.1. The van der Waals surface area contributed by atoms with E-state index < -0.39 is 0 Å². The maximum absolute atomic E-state index is 5.95. The highest BCUT2D eigenvalue weighted by molar-refractivity contribution is 7.18. The Bertz CT molecular complexity index is 793. The number of hydrazone groups is 1. The molecular weight excluding hydrogens is 338 g/mol. The highest BCUT2D eigenvalue weighted by atomic mass is 35.5. The van der Waals surface area contributed by atoms with Crippen molar-refractivity contribution in [3.8, 4) is 10.4 Å². The van der Waals surface area contributed by atoms with E-state index in [1.165, 1.54) is 18.6 Å². The molecule has 0 saturated heterocycles. The zero-order chi connectivity index (χ0) is 16.9. The third kappa shape index (κ3) is 2.39. The third-order valence-electron chi connectivity index (χ3n) is 6.43. The molecule has 3 nitrogen and oxygen atoms in total. The number of halogens is 1. The predicted molar refractivity (Wildman–Crippen MR) is 103 cm³/mol. The van der Waals surface area contributed by atoms with Crippen molar-refractivity contribution in [1.82, 2.24) is 4.98 Å². The van der Waals surface area contributed by atoms with Gasteiger partial charge < -0.3 is 0 Å². The van der Waals surface area contributed by atoms with Crippen molar-refractivity contribution in [2.45, 2.75) is 40.0 Å². The van der Waals surface area contributed by atoms with Crippen LogP contribution in [0.2, 0.25) is 5.02 Å². The number of rotatable bonds is 3. The van der Waals surface area contributed by atoms with Gasteiger partial charge in [0.05, 0.1) is 4.88 Å². The minimum absolute atomic E-state index is 0.223. The number of thiazole rings is 1. The van der Waals surface area contributed by atoms with Gasteiger partial charge in [0, 0.05) is 22.3 Å². The van der Waals surface area contributed by atoms with Gasteiger partial charge in [-0.1, -0.05) is 55.8 Å². The van der Waals surface area contributed by atoms with Crippen LogP contribution in [0.25, 0.3) is 10.4 Å². The quantitative estimate of drug-likeness (QED) is 0.674. The van der Waals surface area contributed by atoms with Gasteiger partial charge in [0.15, 0.2) is 0 Å². The van der Waals surface area contributed by atoms with Crippen LogP contribution < -0.4 is 5.43 Å². The molecule has 1 N–H and O–H groups in total. The summed E-state index contributed by atoms with van der Waals surface area (Å²) in [5.74, 6) is 0.768. The van der Waals surface area contributed by atoms with Gasteiger partial charge in [-0.3, -0.25) is 5.43 Å². The van der Waals surface area contributed by atoms with Gasteiger partial charge in [-0.05, 0) is 48.3 Å². The zero-order valence-electron chi connectivity index (χ0n) is 14.3. The second-order valence-corrected chi connectivity index (χ2v) is 9.17. The summed E-state index contributed by atoms with van der Waals surface area (Å²) < 4.78 is 0. The molecule has 2 atom stereocenters. The van der Waals surface area contributed by atoms with Crippen LogP contribution in [-0.2, 0) is 0 Å². The lowest BCUT2D eigenvalue weighted by Crippen LogP contribution is -2.32. The monoisotopic (exact) mass is 359 g/mol. The van der Waals surface area contributed by atoms with Gasteiger partial charge in [-0.25, -0.2) is 4.98 Å². The van der Waals surface area contributed by atoms with E-state index in [0.717, 1.165) is 32.9 Å². The highest BCUT2D eigenvalue weighted by Crippen LogP contribution is 2.63. The molecule has 5 heteroatoms. The van der Waals surface area contributed by atoms with Crippen LogP contribution in [0, 0.1) is 16.7 Å². The maximum Gasteiger partial charge on any atom is 0.203 e. The Morgan fingerprint density at radius 1 is 1.25 bits per heavy atom. The largest absolute Gasteiger partial charge is 0.253 e. The van der Waals surface area contributed by atoms with Gasteiger partial charge in [-0.15, -0.1) is 0 Å². The van der Waals surface area contributed by atoms with Crippen LogP contribution in [0.4, 0.5) is 5.13 Å². The fourth-order valence-electron chi connectivity index (χ4n) is 4.29. The van der Waals surface area contributed by atoms with Crippen LogP contribution in [0.5, 0.6) is 0 Å². The first-order valence-corrected chi connectivity index (χ1v) is 9.64. The number of hydrogen-bond donors (Lipinski definition) is 1. The molecule has 0 radical (unpaired) electrons. The van der Waals surface area contributed by atoms with Crippen molar-refractivity contribution in [2.24, 2.45) is 21.8 Å². The van der Waals surface area contributed by atoms with Crippen molar-refractivity contribution >= 4 is 33.8 Å². The molecule has 0 spiro atoms. The van der Waals surface area contributed by atoms with Crippen LogP contribution in [0.15, 0.2) is 35.6 Å². The Labute approximate surface area is 152 Å². The van der Waals surface area contributed by atoms with E-state index in [0.29, 0.717) is 5.41 Å². The normalized spacial score (nSPS) is 29.3. The Hall–Kier alpha value is -1.39. The van der Waals surface area contributed by atoms with E-state index >= 15 is 0 Å². The second-order valence-electron chi connectivity index (χ2n) is 7.70. The Kier molecular flexibility index (Phi) is 3.73. The molecule has 1 aromatic carbocycles. The Morgan fingerprint density at radius 3 is 2.62 bits per heavy atom. The van der Waals surface area contributed by atoms with Gasteiger partial charge in [0.25, 0.3) is 0 Å². The lowest BCUT2D eigenvalue weighted by atomic mass is 9.70. The molecule has 2 bridgehead atoms. The van der Waals surface area contributed by atoms with Crippen molar-refractivity contribution in [1.29, 1.82) is 0 Å². The van der Waals surface area contributed by atoms with E-state index in [-0.39, 0.29) is 5.41 Å². The first-order chi connectivity index (χ1) is 11.4. The van der Waals surface area contributed by atoms with Crippen molar-refractivity contribution < 1.29 is 0 Å². The second kappa shape index (κ2) is 5.57. The SMILES string of the molecule is CC12CCC(C/C1=N/Nc1ncc(-c3ccc(Cl)cc3)s1)C2(C)C. The van der Waals surface area contributed by atoms with Gasteiger partial charge in [-0.2, -0.15) is 5.10 Å². The minimum Gasteiger partial charge on any atom is -0.253 e. The number of nitrogens with one attached hydrogen (secondary N) is 1. The molecule has 4 rings (SSSR count). The van der Waals surface area contributed by atoms with E-state index in [1.54, 1.807) is 11.3 Å². The molecule has 0 aliphatic heterocycles. The summed E-state index contributed by atoms with van der Waals surface area (Å²) in [7, 11) is 0. The van der Waals surface area contributed by atoms with Crippen LogP contribution >= 0.6 is 22.9 Å². The topological polar surface area (TPSA) is 37.3 Å². The fraction of sp³-hybridized carbons (Fsp3) is 0.474. The number of hydrogen-bond acceptors (Lipinski definition) is 4. The van der Waals surface area contributed by atoms with E-state index in [4.69, 9.17) is 16.7 Å². The van der Waals surface area contributed by atoms with Crippen LogP contribution in [-0.4, -0.2) is 10.7 Å². The van der Waals surface area contributed by atoms with E-state index in [9.17, 15) is 0 Å². The van der Waals surface area contributed by atoms with Crippen molar-refractivity contribution in [3.05, 3.63) is 35.5 Å². The molecular formula is C19H22ClN3S. The predicted octanol–water partition coefficient (Wildman–Crippen LogP) is 6.08. The summed E-state index contributed by atoms with van der Waals surface area (Å²) in [6.45, 7) is 7.17. The van der Waals surface area contributed by atoms with Gasteiger partial charge in [0.1, 0.15) is 0 Å². The van der Waals surface area contributed by atoms with Crippen LogP contribution in [0.1, 0.15) is 40.0 Å². The molecule has 126 valence electrons. The van der Waals surface area contributed by atoms with Crippen molar-refractivity contribution in [2.75, 3.05) is 5.43 Å². The average Bonchev–Trinajstić information content (AvgIpc) is 3.16. The third-order valence-corrected chi connectivity index (χ3v) is 7.64. The zero-order valence-corrected chi connectivity index (χ0v) is 15.8. The fourth-order valence-corrected chi connectivity index (χ4v) is 5.18. The standard InChI is InChI=1S/C19H22ClN3S/c1-18(2)13-8-9-19(18,3)16(10-13)22-23-17-21-11-15(24-17)12-4-6-14(20)7-5-12/h4-7,11,13H,8-10H2,1-3H3,(H,21,23)/b22-16-. The maximum atomic E-state index is 5.95. The Balaban J connectivity index is 1.52. The summed E-state index contributed by atoms with van der Waals surface area (Å²) in [5, 5.41) is 6.35. The number of benzene rings is 1. The summed E-state index contributed by atoms with van der Waals surface area (Å²) in [6, 6.07) is 7.85. The molecule has 2 aliphatic rings. The number of aromatic nitrogens is 1. The lowest BCUT2D eigenvalue weighted by Gasteiger charge is -2.34. The average molecular weight is 360 g/mol. The lowest BCUT2D eigenvalue weighted by molar-refractivity contribution is 0.194. The summed E-state index contributed by atoms with van der Waals surface area (Å²) >= 11 is 7.57. The molecule has 2 aliphatic carbocycles. The van der Waals surface area contributed by atoms with Gasteiger partial charge in [0.2, 0.25) is 5.13 Å². The summed E-state index contributed by atoms with van der Waals surface area (Å²) in [4.78, 5) is 5.58. The smallest absolute Gasteiger partial charge is 0.203 e. The molecule has 1 aromatic heterocycles. The molecule has 2 saturated carbocycles. The molecule has 2 unspecified atom stereocenters. The molecule has 2 aromatic rings.